The Morgan fingerprint density at radius 1 is 1.00 bits per heavy atom. The third kappa shape index (κ3) is 5.30. The Morgan fingerprint density at radius 2 is 1.75 bits per heavy atom. The average molecular weight is 327 g/mol. The minimum atomic E-state index is -0.110. The fourth-order valence-corrected chi connectivity index (χ4v) is 2.21. The molecule has 0 heterocycles. The molecule has 1 N–H and O–H groups in total. The Bertz CT molecular complexity index is 665. The van der Waals surface area contributed by atoms with Crippen molar-refractivity contribution in [1.82, 2.24) is 5.32 Å². The van der Waals surface area contributed by atoms with Crippen LogP contribution >= 0.6 is 0 Å². The number of hydrogen-bond donors (Lipinski definition) is 1. The van der Waals surface area contributed by atoms with Gasteiger partial charge in [-0.3, -0.25) is 4.79 Å². The van der Waals surface area contributed by atoms with E-state index in [0.717, 1.165) is 29.0 Å². The first kappa shape index (κ1) is 17.9. The Hall–Kier alpha value is -2.49. The van der Waals surface area contributed by atoms with Gasteiger partial charge >= 0.3 is 0 Å². The van der Waals surface area contributed by atoms with E-state index in [1.807, 2.05) is 38.1 Å². The van der Waals surface area contributed by atoms with E-state index >= 15 is 0 Å². The van der Waals surface area contributed by atoms with E-state index in [-0.39, 0.29) is 5.91 Å². The van der Waals surface area contributed by atoms with Crippen LogP contribution in [0.25, 0.3) is 0 Å². The minimum Gasteiger partial charge on any atom is -0.494 e. The largest absolute Gasteiger partial charge is 0.494 e. The molecule has 4 heteroatoms. The number of rotatable bonds is 8. The SMILES string of the molecule is CCCOc1ccc(C(=O)NCCOc2cc(C)ccc2C)cc1. The molecule has 0 saturated heterocycles. The van der Waals surface area contributed by atoms with E-state index in [4.69, 9.17) is 9.47 Å². The molecule has 24 heavy (non-hydrogen) atoms. The molecule has 2 aromatic carbocycles. The first-order chi connectivity index (χ1) is 11.6. The first-order valence-electron chi connectivity index (χ1n) is 8.31. The highest BCUT2D eigenvalue weighted by Gasteiger charge is 2.06. The third-order valence-electron chi connectivity index (χ3n) is 3.58. The summed E-state index contributed by atoms with van der Waals surface area (Å²) in [6.45, 7) is 7.68. The summed E-state index contributed by atoms with van der Waals surface area (Å²) in [5.41, 5.74) is 2.87. The highest BCUT2D eigenvalue weighted by Crippen LogP contribution is 2.18. The maximum absolute atomic E-state index is 12.1. The molecule has 128 valence electrons. The maximum Gasteiger partial charge on any atom is 0.251 e. The first-order valence-corrected chi connectivity index (χ1v) is 8.31. The average Bonchev–Trinajstić information content (AvgIpc) is 2.60. The molecule has 0 aromatic heterocycles. The van der Waals surface area contributed by atoms with Crippen molar-refractivity contribution in [2.24, 2.45) is 0 Å². The number of hydrogen-bond acceptors (Lipinski definition) is 3. The van der Waals surface area contributed by atoms with Gasteiger partial charge in [-0.1, -0.05) is 19.1 Å². The monoisotopic (exact) mass is 327 g/mol. The van der Waals surface area contributed by atoms with Gasteiger partial charge in [0.1, 0.15) is 18.1 Å². The lowest BCUT2D eigenvalue weighted by Gasteiger charge is -2.11. The van der Waals surface area contributed by atoms with Crippen molar-refractivity contribution >= 4 is 5.91 Å². The third-order valence-corrected chi connectivity index (χ3v) is 3.58. The van der Waals surface area contributed by atoms with Gasteiger partial charge in [0.25, 0.3) is 5.91 Å². The van der Waals surface area contributed by atoms with E-state index < -0.39 is 0 Å². The van der Waals surface area contributed by atoms with E-state index in [1.165, 1.54) is 0 Å². The summed E-state index contributed by atoms with van der Waals surface area (Å²) in [5, 5.41) is 2.86. The van der Waals surface area contributed by atoms with Gasteiger partial charge in [-0.2, -0.15) is 0 Å². The number of amides is 1. The lowest BCUT2D eigenvalue weighted by Crippen LogP contribution is -2.28. The topological polar surface area (TPSA) is 47.6 Å². The lowest BCUT2D eigenvalue weighted by molar-refractivity contribution is 0.0947. The zero-order chi connectivity index (χ0) is 17.4. The standard InChI is InChI=1S/C20H25NO3/c1-4-12-23-18-9-7-17(8-10-18)20(22)21-11-13-24-19-14-15(2)5-6-16(19)3/h5-10,14H,4,11-13H2,1-3H3,(H,21,22). The summed E-state index contributed by atoms with van der Waals surface area (Å²) < 4.78 is 11.2. The van der Waals surface area contributed by atoms with Gasteiger partial charge < -0.3 is 14.8 Å². The van der Waals surface area contributed by atoms with Gasteiger partial charge in [-0.15, -0.1) is 0 Å². The van der Waals surface area contributed by atoms with Crippen LogP contribution in [-0.4, -0.2) is 25.7 Å². The highest BCUT2D eigenvalue weighted by atomic mass is 16.5. The van der Waals surface area contributed by atoms with E-state index in [2.05, 4.69) is 18.3 Å². The zero-order valence-electron chi connectivity index (χ0n) is 14.6. The van der Waals surface area contributed by atoms with Gasteiger partial charge in [0.15, 0.2) is 0 Å². The quantitative estimate of drug-likeness (QED) is 0.748. The predicted molar refractivity (Wildman–Crippen MR) is 96.0 cm³/mol. The van der Waals surface area contributed by atoms with Crippen LogP contribution in [0.1, 0.15) is 34.8 Å². The summed E-state index contributed by atoms with van der Waals surface area (Å²) in [6, 6.07) is 13.3. The van der Waals surface area contributed by atoms with Gasteiger partial charge in [-0.25, -0.2) is 0 Å². The second kappa shape index (κ2) is 8.96. The fourth-order valence-electron chi connectivity index (χ4n) is 2.21. The molecule has 0 unspecified atom stereocenters. The van der Waals surface area contributed by atoms with E-state index in [1.54, 1.807) is 12.1 Å². The van der Waals surface area contributed by atoms with Crippen LogP contribution in [-0.2, 0) is 0 Å². The smallest absolute Gasteiger partial charge is 0.251 e. The molecule has 2 aromatic rings. The molecule has 0 saturated carbocycles. The van der Waals surface area contributed by atoms with Crippen molar-refractivity contribution < 1.29 is 14.3 Å². The summed E-state index contributed by atoms with van der Waals surface area (Å²) in [7, 11) is 0. The molecule has 4 nitrogen and oxygen atoms in total. The molecular weight excluding hydrogens is 302 g/mol. The second-order valence-corrected chi connectivity index (χ2v) is 5.75. The van der Waals surface area contributed by atoms with Crippen molar-refractivity contribution in [2.45, 2.75) is 27.2 Å². The Balaban J connectivity index is 1.77. The molecule has 0 aliphatic carbocycles. The van der Waals surface area contributed by atoms with E-state index in [0.29, 0.717) is 25.3 Å². The Kier molecular flexibility index (Phi) is 6.67. The maximum atomic E-state index is 12.1. The lowest BCUT2D eigenvalue weighted by atomic mass is 10.1. The van der Waals surface area contributed by atoms with Crippen LogP contribution in [0.4, 0.5) is 0 Å². The molecule has 0 bridgehead atoms. The molecule has 0 aliphatic rings. The number of carbonyl (C=O) groups is 1. The zero-order valence-corrected chi connectivity index (χ0v) is 14.6. The van der Waals surface area contributed by atoms with Crippen molar-refractivity contribution in [3.63, 3.8) is 0 Å². The number of ether oxygens (including phenoxy) is 2. The molecule has 2 rings (SSSR count). The van der Waals surface area contributed by atoms with E-state index in [9.17, 15) is 4.79 Å². The van der Waals surface area contributed by atoms with Crippen molar-refractivity contribution in [1.29, 1.82) is 0 Å². The second-order valence-electron chi connectivity index (χ2n) is 5.75. The van der Waals surface area contributed by atoms with Crippen LogP contribution in [0.5, 0.6) is 11.5 Å². The Labute approximate surface area is 143 Å². The molecule has 0 aliphatic heterocycles. The number of aryl methyl sites for hydroxylation is 2. The number of benzene rings is 2. The van der Waals surface area contributed by atoms with Crippen molar-refractivity contribution in [2.75, 3.05) is 19.8 Å². The summed E-state index contributed by atoms with van der Waals surface area (Å²) >= 11 is 0. The molecule has 0 spiro atoms. The van der Waals surface area contributed by atoms with Crippen molar-refractivity contribution in [3.05, 3.63) is 59.2 Å². The summed E-state index contributed by atoms with van der Waals surface area (Å²) in [4.78, 5) is 12.1. The van der Waals surface area contributed by atoms with Crippen LogP contribution in [0.15, 0.2) is 42.5 Å². The predicted octanol–water partition coefficient (Wildman–Crippen LogP) is 3.90. The molecule has 0 atom stereocenters. The number of carbonyl (C=O) groups excluding carboxylic acids is 1. The molecular formula is C20H25NO3. The minimum absolute atomic E-state index is 0.110. The Morgan fingerprint density at radius 3 is 2.46 bits per heavy atom. The molecule has 0 fully saturated rings. The van der Waals surface area contributed by atoms with Gasteiger partial charge in [0.2, 0.25) is 0 Å². The van der Waals surface area contributed by atoms with Gasteiger partial charge in [0.05, 0.1) is 13.2 Å². The molecule has 0 radical (unpaired) electrons. The van der Waals surface area contributed by atoms with Crippen molar-refractivity contribution in [3.8, 4) is 11.5 Å². The van der Waals surface area contributed by atoms with Gasteiger partial charge in [0, 0.05) is 5.56 Å². The number of nitrogens with one attached hydrogen (secondary N) is 1. The normalized spacial score (nSPS) is 10.3. The molecule has 1 amide bonds. The highest BCUT2D eigenvalue weighted by molar-refractivity contribution is 5.94. The van der Waals surface area contributed by atoms with Crippen LogP contribution in [0, 0.1) is 13.8 Å². The summed E-state index contributed by atoms with van der Waals surface area (Å²) in [5.74, 6) is 1.54. The van der Waals surface area contributed by atoms with Gasteiger partial charge in [-0.05, 0) is 61.7 Å². The van der Waals surface area contributed by atoms with Crippen LogP contribution in [0.2, 0.25) is 0 Å². The van der Waals surface area contributed by atoms with Crippen LogP contribution in [0.3, 0.4) is 0 Å². The summed E-state index contributed by atoms with van der Waals surface area (Å²) in [6.07, 6.45) is 0.961. The fraction of sp³-hybridized carbons (Fsp3) is 0.350. The van der Waals surface area contributed by atoms with Crippen LogP contribution < -0.4 is 14.8 Å².